The number of esters is 1. The van der Waals surface area contributed by atoms with Crippen molar-refractivity contribution in [3.8, 4) is 0 Å². The van der Waals surface area contributed by atoms with Gasteiger partial charge in [-0.3, -0.25) is 14.4 Å². The van der Waals surface area contributed by atoms with Gasteiger partial charge in [0.25, 0.3) is 0 Å². The number of hydrogen-bond donors (Lipinski definition) is 0. The first kappa shape index (κ1) is 19.6. The van der Waals surface area contributed by atoms with Crippen molar-refractivity contribution in [3.05, 3.63) is 53.5 Å². The van der Waals surface area contributed by atoms with Crippen LogP contribution in [-0.2, 0) is 19.1 Å². The van der Waals surface area contributed by atoms with Crippen molar-refractivity contribution in [2.75, 3.05) is 0 Å². The fourth-order valence-electron chi connectivity index (χ4n) is 2.50. The molecule has 0 spiro atoms. The Kier molecular flexibility index (Phi) is 6.50. The molecule has 1 aliphatic rings. The van der Waals surface area contributed by atoms with Crippen LogP contribution >= 0.6 is 0 Å². The highest BCUT2D eigenvalue weighted by Gasteiger charge is 2.23. The van der Waals surface area contributed by atoms with Crippen molar-refractivity contribution in [2.45, 2.75) is 46.6 Å². The normalized spacial score (nSPS) is 15.0. The summed E-state index contributed by atoms with van der Waals surface area (Å²) < 4.78 is 11.1. The smallest absolute Gasteiger partial charge is 0.306 e. The van der Waals surface area contributed by atoms with Crippen molar-refractivity contribution in [3.63, 3.8) is 0 Å². The van der Waals surface area contributed by atoms with E-state index in [9.17, 15) is 14.4 Å². The zero-order valence-electron chi connectivity index (χ0n) is 15.6. The Morgan fingerprint density at radius 1 is 1.23 bits per heavy atom. The molecule has 0 N–H and O–H groups in total. The fraction of sp³-hybridized carbons (Fsp3) is 0.381. The summed E-state index contributed by atoms with van der Waals surface area (Å²) in [6, 6.07) is 1.66. The fourth-order valence-corrected chi connectivity index (χ4v) is 2.50. The van der Waals surface area contributed by atoms with Crippen molar-refractivity contribution >= 4 is 23.1 Å². The molecule has 1 aliphatic carbocycles. The van der Waals surface area contributed by atoms with E-state index < -0.39 is 6.10 Å². The van der Waals surface area contributed by atoms with Gasteiger partial charge < -0.3 is 9.15 Å². The van der Waals surface area contributed by atoms with Gasteiger partial charge in [0.1, 0.15) is 11.9 Å². The van der Waals surface area contributed by atoms with E-state index in [-0.39, 0.29) is 29.0 Å². The molecule has 0 bridgehead atoms. The third-order valence-electron chi connectivity index (χ3n) is 3.80. The molecular formula is C21H24O5. The van der Waals surface area contributed by atoms with E-state index >= 15 is 0 Å². The molecule has 26 heavy (non-hydrogen) atoms. The SMILES string of the molecule is CC(C)=CC[C@@H](OC(=O)CC(C)C)c1coc(C2=CC(=O)C=CC2=O)c1. The van der Waals surface area contributed by atoms with Gasteiger partial charge in [-0.25, -0.2) is 0 Å². The lowest BCUT2D eigenvalue weighted by molar-refractivity contribution is -0.150. The second-order valence-corrected chi connectivity index (χ2v) is 7.00. The minimum atomic E-state index is -0.501. The Morgan fingerprint density at radius 2 is 1.96 bits per heavy atom. The van der Waals surface area contributed by atoms with Crippen molar-refractivity contribution in [1.82, 2.24) is 0 Å². The second-order valence-electron chi connectivity index (χ2n) is 7.00. The van der Waals surface area contributed by atoms with Crippen LogP contribution in [0.4, 0.5) is 0 Å². The summed E-state index contributed by atoms with van der Waals surface area (Å²) in [5, 5.41) is 0. The van der Waals surface area contributed by atoms with E-state index in [1.807, 2.05) is 33.8 Å². The van der Waals surface area contributed by atoms with Gasteiger partial charge in [0.2, 0.25) is 0 Å². The Hall–Kier alpha value is -2.69. The summed E-state index contributed by atoms with van der Waals surface area (Å²) in [6.07, 6.45) is 7.50. The van der Waals surface area contributed by atoms with Gasteiger partial charge in [0, 0.05) is 24.5 Å². The minimum Gasteiger partial charge on any atom is -0.464 e. The van der Waals surface area contributed by atoms with Gasteiger partial charge >= 0.3 is 5.97 Å². The molecule has 0 amide bonds. The number of furan rings is 1. The molecule has 5 heteroatoms. The maximum absolute atomic E-state index is 12.1. The van der Waals surface area contributed by atoms with Crippen LogP contribution in [-0.4, -0.2) is 17.5 Å². The molecule has 1 atom stereocenters. The molecule has 2 rings (SSSR count). The van der Waals surface area contributed by atoms with Gasteiger partial charge in [-0.05, 0) is 38.0 Å². The predicted octanol–water partition coefficient (Wildman–Crippen LogP) is 4.36. The third-order valence-corrected chi connectivity index (χ3v) is 3.80. The number of hydrogen-bond acceptors (Lipinski definition) is 5. The van der Waals surface area contributed by atoms with E-state index in [4.69, 9.17) is 9.15 Å². The van der Waals surface area contributed by atoms with Gasteiger partial charge in [-0.2, -0.15) is 0 Å². The maximum atomic E-state index is 12.1. The highest BCUT2D eigenvalue weighted by Crippen LogP contribution is 2.29. The van der Waals surface area contributed by atoms with E-state index in [1.165, 1.54) is 24.5 Å². The third kappa shape index (κ3) is 5.41. The molecule has 1 heterocycles. The Labute approximate surface area is 153 Å². The average molecular weight is 356 g/mol. The first-order valence-corrected chi connectivity index (χ1v) is 8.66. The second kappa shape index (κ2) is 8.61. The molecule has 0 aromatic carbocycles. The van der Waals surface area contributed by atoms with Crippen LogP contribution < -0.4 is 0 Å². The molecule has 1 aromatic rings. The summed E-state index contributed by atoms with van der Waals surface area (Å²) >= 11 is 0. The highest BCUT2D eigenvalue weighted by atomic mass is 16.5. The summed E-state index contributed by atoms with van der Waals surface area (Å²) in [5.74, 6) is -0.328. The molecule has 0 saturated carbocycles. The number of carbonyl (C=O) groups is 3. The van der Waals surface area contributed by atoms with Crippen LogP contribution in [0.5, 0.6) is 0 Å². The summed E-state index contributed by atoms with van der Waals surface area (Å²) in [4.78, 5) is 35.6. The van der Waals surface area contributed by atoms with E-state index in [1.54, 1.807) is 6.07 Å². The molecule has 0 fully saturated rings. The lowest BCUT2D eigenvalue weighted by atomic mass is 10.00. The molecule has 0 unspecified atom stereocenters. The molecule has 138 valence electrons. The van der Waals surface area contributed by atoms with E-state index in [2.05, 4.69) is 0 Å². The van der Waals surface area contributed by atoms with Crippen LogP contribution in [0.25, 0.3) is 5.57 Å². The summed E-state index contributed by atoms with van der Waals surface area (Å²) in [5.41, 5.74) is 1.98. The van der Waals surface area contributed by atoms with Crippen molar-refractivity contribution in [2.24, 2.45) is 5.92 Å². The first-order valence-electron chi connectivity index (χ1n) is 8.66. The lowest BCUT2D eigenvalue weighted by Gasteiger charge is -2.16. The van der Waals surface area contributed by atoms with Crippen LogP contribution in [0, 0.1) is 5.92 Å². The van der Waals surface area contributed by atoms with E-state index in [0.29, 0.717) is 24.2 Å². The zero-order chi connectivity index (χ0) is 19.3. The molecule has 5 nitrogen and oxygen atoms in total. The maximum Gasteiger partial charge on any atom is 0.306 e. The average Bonchev–Trinajstić information content (AvgIpc) is 3.02. The monoisotopic (exact) mass is 356 g/mol. The van der Waals surface area contributed by atoms with Gasteiger partial charge in [0.05, 0.1) is 11.8 Å². The topological polar surface area (TPSA) is 73.6 Å². The quantitative estimate of drug-likeness (QED) is 0.412. The molecular weight excluding hydrogens is 332 g/mol. The lowest BCUT2D eigenvalue weighted by Crippen LogP contribution is -2.12. The molecule has 0 saturated heterocycles. The van der Waals surface area contributed by atoms with Crippen LogP contribution in [0.1, 0.15) is 58.0 Å². The number of carbonyl (C=O) groups excluding carboxylic acids is 3. The Bertz CT molecular complexity index is 785. The first-order chi connectivity index (χ1) is 12.3. The van der Waals surface area contributed by atoms with Gasteiger partial charge in [-0.1, -0.05) is 25.5 Å². The Morgan fingerprint density at radius 3 is 2.62 bits per heavy atom. The summed E-state index contributed by atoms with van der Waals surface area (Å²) in [7, 11) is 0. The highest BCUT2D eigenvalue weighted by molar-refractivity contribution is 6.33. The number of rotatable bonds is 7. The largest absolute Gasteiger partial charge is 0.464 e. The van der Waals surface area contributed by atoms with Crippen LogP contribution in [0.3, 0.4) is 0 Å². The molecule has 0 radical (unpaired) electrons. The molecule has 1 aromatic heterocycles. The van der Waals surface area contributed by atoms with Crippen molar-refractivity contribution < 1.29 is 23.5 Å². The van der Waals surface area contributed by atoms with Crippen molar-refractivity contribution in [1.29, 1.82) is 0 Å². The van der Waals surface area contributed by atoms with Crippen LogP contribution in [0.15, 0.2) is 46.6 Å². The Balaban J connectivity index is 2.24. The predicted molar refractivity (Wildman–Crippen MR) is 98.2 cm³/mol. The van der Waals surface area contributed by atoms with Crippen LogP contribution in [0.2, 0.25) is 0 Å². The number of allylic oxidation sites excluding steroid dienone is 5. The molecule has 0 aliphatic heterocycles. The zero-order valence-corrected chi connectivity index (χ0v) is 15.6. The number of ketones is 2. The van der Waals surface area contributed by atoms with E-state index in [0.717, 1.165) is 5.57 Å². The standard InChI is InChI=1S/C21H24O5/c1-13(2)5-8-19(26-21(24)9-14(3)4)15-10-20(25-12-15)17-11-16(22)6-7-18(17)23/h5-7,10-12,14,19H,8-9H2,1-4H3/t19-/m1/s1. The number of ether oxygens (including phenoxy) is 1. The summed E-state index contributed by atoms with van der Waals surface area (Å²) in [6.45, 7) is 7.84. The van der Waals surface area contributed by atoms with Gasteiger partial charge in [0.15, 0.2) is 11.6 Å². The minimum absolute atomic E-state index is 0.203. The van der Waals surface area contributed by atoms with Gasteiger partial charge in [-0.15, -0.1) is 0 Å².